The van der Waals surface area contributed by atoms with Crippen LogP contribution in [0.1, 0.15) is 37.6 Å². The topological polar surface area (TPSA) is 57.6 Å². The Morgan fingerprint density at radius 2 is 2.17 bits per heavy atom. The third kappa shape index (κ3) is 2.33. The van der Waals surface area contributed by atoms with Gasteiger partial charge in [-0.1, -0.05) is 20.8 Å². The minimum atomic E-state index is -0.628. The van der Waals surface area contributed by atoms with Gasteiger partial charge in [-0.15, -0.1) is 11.3 Å². The van der Waals surface area contributed by atoms with E-state index in [4.69, 9.17) is 0 Å². The molecular weight excluding hydrogens is 250 g/mol. The molecule has 4 nitrogen and oxygen atoms in total. The Hall–Kier alpha value is -1.20. The van der Waals surface area contributed by atoms with E-state index in [-0.39, 0.29) is 24.7 Å². The van der Waals surface area contributed by atoms with Crippen LogP contribution in [0.5, 0.6) is 0 Å². The number of hydrogen-bond acceptors (Lipinski definition) is 4. The summed E-state index contributed by atoms with van der Waals surface area (Å²) in [6.45, 7) is 5.86. The first-order valence-electron chi connectivity index (χ1n) is 5.91. The molecule has 2 heterocycles. The van der Waals surface area contributed by atoms with Crippen LogP contribution < -0.4 is 4.90 Å². The summed E-state index contributed by atoms with van der Waals surface area (Å²) >= 11 is 1.37. The van der Waals surface area contributed by atoms with E-state index in [1.807, 2.05) is 26.2 Å². The Morgan fingerprint density at radius 1 is 1.50 bits per heavy atom. The first-order chi connectivity index (χ1) is 8.30. The molecule has 0 radical (unpaired) electrons. The number of hydrogen-bond donors (Lipinski definition) is 1. The summed E-state index contributed by atoms with van der Waals surface area (Å²) in [6, 6.07) is 1.76. The fourth-order valence-corrected chi connectivity index (χ4v) is 2.90. The van der Waals surface area contributed by atoms with Crippen molar-refractivity contribution < 1.29 is 14.7 Å². The van der Waals surface area contributed by atoms with Gasteiger partial charge in [0.05, 0.1) is 24.6 Å². The molecule has 1 amide bonds. The minimum absolute atomic E-state index is 0.0212. The SMILES string of the molecule is CC(C)(C)C(=O)c1ccsc1N1CC(O)CC1=O. The maximum Gasteiger partial charge on any atom is 0.230 e. The van der Waals surface area contributed by atoms with Gasteiger partial charge in [-0.3, -0.25) is 9.59 Å². The van der Waals surface area contributed by atoms with E-state index in [1.54, 1.807) is 6.07 Å². The lowest BCUT2D eigenvalue weighted by Gasteiger charge is -2.20. The standard InChI is InChI=1S/C13H17NO3S/c1-13(2,3)11(17)9-4-5-18-12(9)14-7-8(15)6-10(14)16/h4-5,8,15H,6-7H2,1-3H3. The third-order valence-corrected chi connectivity index (χ3v) is 3.86. The number of thiophene rings is 1. The fourth-order valence-electron chi connectivity index (χ4n) is 1.97. The Labute approximate surface area is 110 Å². The molecule has 1 saturated heterocycles. The molecule has 0 aromatic carbocycles. The van der Waals surface area contributed by atoms with Crippen LogP contribution in [-0.2, 0) is 4.79 Å². The van der Waals surface area contributed by atoms with E-state index < -0.39 is 11.5 Å². The minimum Gasteiger partial charge on any atom is -0.391 e. The van der Waals surface area contributed by atoms with E-state index in [2.05, 4.69) is 0 Å². The van der Waals surface area contributed by atoms with E-state index in [1.165, 1.54) is 16.2 Å². The number of ketones is 1. The number of rotatable bonds is 2. The van der Waals surface area contributed by atoms with Crippen molar-refractivity contribution in [2.75, 3.05) is 11.4 Å². The number of anilines is 1. The summed E-state index contributed by atoms with van der Waals surface area (Å²) in [5, 5.41) is 12.0. The average molecular weight is 267 g/mol. The molecule has 0 bridgehead atoms. The molecule has 2 rings (SSSR count). The molecule has 0 spiro atoms. The Morgan fingerprint density at radius 3 is 2.67 bits per heavy atom. The quantitative estimate of drug-likeness (QED) is 0.835. The van der Waals surface area contributed by atoms with Crippen molar-refractivity contribution in [1.29, 1.82) is 0 Å². The largest absolute Gasteiger partial charge is 0.391 e. The Balaban J connectivity index is 2.34. The Kier molecular flexibility index (Phi) is 3.29. The molecule has 98 valence electrons. The molecule has 18 heavy (non-hydrogen) atoms. The predicted molar refractivity (Wildman–Crippen MR) is 71.1 cm³/mol. The number of carbonyl (C=O) groups excluding carboxylic acids is 2. The van der Waals surface area contributed by atoms with Crippen LogP contribution in [0.3, 0.4) is 0 Å². The number of Topliss-reactive ketones (excluding diaryl/α,β-unsaturated/α-hetero) is 1. The van der Waals surface area contributed by atoms with E-state index >= 15 is 0 Å². The summed E-state index contributed by atoms with van der Waals surface area (Å²) in [5.41, 5.74) is 0.104. The molecule has 1 aromatic rings. The van der Waals surface area contributed by atoms with Gasteiger partial charge < -0.3 is 10.0 Å². The molecule has 1 aromatic heterocycles. The van der Waals surface area contributed by atoms with Gasteiger partial charge in [0.1, 0.15) is 5.00 Å². The smallest absolute Gasteiger partial charge is 0.230 e. The second-order valence-corrected chi connectivity index (χ2v) is 6.48. The third-order valence-electron chi connectivity index (χ3n) is 2.92. The highest BCUT2D eigenvalue weighted by atomic mass is 32.1. The zero-order chi connectivity index (χ0) is 13.5. The van der Waals surface area contributed by atoms with Crippen LogP contribution in [0.25, 0.3) is 0 Å². The summed E-state index contributed by atoms with van der Waals surface area (Å²) in [6.07, 6.45) is -0.488. The van der Waals surface area contributed by atoms with Gasteiger partial charge in [-0.2, -0.15) is 0 Å². The van der Waals surface area contributed by atoms with Crippen molar-refractivity contribution >= 4 is 28.0 Å². The molecule has 1 aliphatic heterocycles. The number of nitrogens with zero attached hydrogens (tertiary/aromatic N) is 1. The van der Waals surface area contributed by atoms with E-state index in [0.29, 0.717) is 10.6 Å². The van der Waals surface area contributed by atoms with Crippen LogP contribution in [-0.4, -0.2) is 29.4 Å². The monoisotopic (exact) mass is 267 g/mol. The van der Waals surface area contributed by atoms with Crippen molar-refractivity contribution in [3.05, 3.63) is 17.0 Å². The fraction of sp³-hybridized carbons (Fsp3) is 0.538. The summed E-state index contributed by atoms with van der Waals surface area (Å²) in [4.78, 5) is 25.6. The average Bonchev–Trinajstić information content (AvgIpc) is 2.81. The second kappa shape index (κ2) is 4.48. The molecule has 1 N–H and O–H groups in total. The molecule has 1 aliphatic rings. The van der Waals surface area contributed by atoms with Crippen molar-refractivity contribution in [2.45, 2.75) is 33.3 Å². The van der Waals surface area contributed by atoms with Gasteiger partial charge in [0.25, 0.3) is 0 Å². The molecule has 1 unspecified atom stereocenters. The first-order valence-corrected chi connectivity index (χ1v) is 6.79. The molecule has 1 fully saturated rings. The van der Waals surface area contributed by atoms with Crippen LogP contribution >= 0.6 is 11.3 Å². The normalized spacial score (nSPS) is 20.6. The van der Waals surface area contributed by atoms with Gasteiger partial charge in [0.15, 0.2) is 5.78 Å². The lowest BCUT2D eigenvalue weighted by Crippen LogP contribution is -2.28. The summed E-state index contributed by atoms with van der Waals surface area (Å²) in [5.74, 6) is -0.0964. The van der Waals surface area contributed by atoms with Crippen LogP contribution in [0.15, 0.2) is 11.4 Å². The van der Waals surface area contributed by atoms with Gasteiger partial charge in [0, 0.05) is 5.41 Å². The second-order valence-electron chi connectivity index (χ2n) is 5.58. The predicted octanol–water partition coefficient (Wildman–Crippen LogP) is 2.07. The maximum absolute atomic E-state index is 12.3. The zero-order valence-electron chi connectivity index (χ0n) is 10.8. The highest BCUT2D eigenvalue weighted by Gasteiger charge is 2.34. The first kappa shape index (κ1) is 13.2. The number of β-amino-alcohol motifs (C(OH)–C–C–N with tert-alkyl or cyclic N) is 1. The summed E-state index contributed by atoms with van der Waals surface area (Å²) < 4.78 is 0. The Bertz CT molecular complexity index is 487. The molecule has 0 aliphatic carbocycles. The van der Waals surface area contributed by atoms with Crippen molar-refractivity contribution in [2.24, 2.45) is 5.41 Å². The lowest BCUT2D eigenvalue weighted by molar-refractivity contribution is -0.117. The highest BCUT2D eigenvalue weighted by Crippen LogP contribution is 2.35. The molecule has 0 saturated carbocycles. The molecule has 1 atom stereocenters. The van der Waals surface area contributed by atoms with Gasteiger partial charge in [-0.05, 0) is 11.4 Å². The van der Waals surface area contributed by atoms with Crippen LogP contribution in [0.4, 0.5) is 5.00 Å². The number of aliphatic hydroxyl groups excluding tert-OH is 1. The molecular formula is C13H17NO3S. The van der Waals surface area contributed by atoms with E-state index in [9.17, 15) is 14.7 Å². The number of aliphatic hydroxyl groups is 1. The number of amides is 1. The van der Waals surface area contributed by atoms with Gasteiger partial charge in [0.2, 0.25) is 5.91 Å². The zero-order valence-corrected chi connectivity index (χ0v) is 11.6. The van der Waals surface area contributed by atoms with Crippen molar-refractivity contribution in [1.82, 2.24) is 0 Å². The number of carbonyl (C=O) groups is 2. The van der Waals surface area contributed by atoms with Crippen LogP contribution in [0.2, 0.25) is 0 Å². The van der Waals surface area contributed by atoms with Crippen molar-refractivity contribution in [3.8, 4) is 0 Å². The molecule has 5 heteroatoms. The van der Waals surface area contributed by atoms with Gasteiger partial charge >= 0.3 is 0 Å². The van der Waals surface area contributed by atoms with E-state index in [0.717, 1.165) is 0 Å². The van der Waals surface area contributed by atoms with Gasteiger partial charge in [-0.25, -0.2) is 0 Å². The van der Waals surface area contributed by atoms with Crippen molar-refractivity contribution in [3.63, 3.8) is 0 Å². The van der Waals surface area contributed by atoms with Crippen LogP contribution in [0, 0.1) is 5.41 Å². The summed E-state index contributed by atoms with van der Waals surface area (Å²) in [7, 11) is 0. The maximum atomic E-state index is 12.3. The lowest BCUT2D eigenvalue weighted by atomic mass is 9.87. The highest BCUT2D eigenvalue weighted by molar-refractivity contribution is 7.14.